The zero-order valence-electron chi connectivity index (χ0n) is 8.57. The Morgan fingerprint density at radius 2 is 1.80 bits per heavy atom. The number of phenols is 1. The Bertz CT molecular complexity index is 415. The summed E-state index contributed by atoms with van der Waals surface area (Å²) < 4.78 is 0. The van der Waals surface area contributed by atoms with Gasteiger partial charge in [0, 0.05) is 11.1 Å². The molecule has 0 unspecified atom stereocenters. The molecule has 0 radical (unpaired) electrons. The summed E-state index contributed by atoms with van der Waals surface area (Å²) in [5.41, 5.74) is 2.97. The van der Waals surface area contributed by atoms with Crippen molar-refractivity contribution in [3.63, 3.8) is 0 Å². The molecular weight excluding hydrogens is 188 g/mol. The molecule has 1 fully saturated rings. The second-order valence-electron chi connectivity index (χ2n) is 4.71. The van der Waals surface area contributed by atoms with Gasteiger partial charge < -0.3 is 5.11 Å². The zero-order chi connectivity index (χ0) is 10.4. The van der Waals surface area contributed by atoms with Gasteiger partial charge in [0.2, 0.25) is 0 Å². The Kier molecular flexibility index (Phi) is 1.84. The highest BCUT2D eigenvalue weighted by Crippen LogP contribution is 2.52. The topological polar surface area (TPSA) is 37.3 Å². The molecule has 2 nitrogen and oxygen atoms in total. The van der Waals surface area contributed by atoms with E-state index in [-0.39, 0.29) is 0 Å². The van der Waals surface area contributed by atoms with Gasteiger partial charge >= 0.3 is 0 Å². The van der Waals surface area contributed by atoms with Crippen molar-refractivity contribution in [2.24, 2.45) is 0 Å². The molecule has 0 saturated heterocycles. The Hall–Kier alpha value is -1.31. The molecule has 78 valence electrons. The second kappa shape index (κ2) is 3.09. The van der Waals surface area contributed by atoms with Crippen molar-refractivity contribution >= 4 is 6.29 Å². The van der Waals surface area contributed by atoms with Crippen molar-refractivity contribution in [1.82, 2.24) is 0 Å². The zero-order valence-corrected chi connectivity index (χ0v) is 8.57. The summed E-state index contributed by atoms with van der Waals surface area (Å²) in [6, 6.07) is 3.57. The van der Waals surface area contributed by atoms with Gasteiger partial charge in [-0.05, 0) is 55.2 Å². The maximum absolute atomic E-state index is 10.7. The van der Waals surface area contributed by atoms with E-state index in [1.165, 1.54) is 31.2 Å². The average molecular weight is 202 g/mol. The van der Waals surface area contributed by atoms with Crippen LogP contribution in [0.25, 0.3) is 0 Å². The Morgan fingerprint density at radius 3 is 2.47 bits per heavy atom. The van der Waals surface area contributed by atoms with Crippen molar-refractivity contribution in [2.45, 2.75) is 37.5 Å². The van der Waals surface area contributed by atoms with Gasteiger partial charge in [-0.15, -0.1) is 0 Å². The van der Waals surface area contributed by atoms with Crippen LogP contribution in [0.1, 0.15) is 59.0 Å². The number of carbonyl (C=O) groups is 1. The molecule has 2 bridgehead atoms. The Balaban J connectivity index is 2.22. The molecule has 0 spiro atoms. The Morgan fingerprint density at radius 1 is 1.13 bits per heavy atom. The van der Waals surface area contributed by atoms with Gasteiger partial charge in [0.25, 0.3) is 0 Å². The van der Waals surface area contributed by atoms with Crippen LogP contribution < -0.4 is 0 Å². The van der Waals surface area contributed by atoms with Gasteiger partial charge in [0.05, 0.1) is 0 Å². The fraction of sp³-hybridized carbons (Fsp3) is 0.462. The number of hydrogen-bond acceptors (Lipinski definition) is 2. The van der Waals surface area contributed by atoms with Gasteiger partial charge in [0.15, 0.2) is 0 Å². The highest BCUT2D eigenvalue weighted by molar-refractivity contribution is 5.77. The number of carbonyl (C=O) groups excluding carboxylic acids is 1. The van der Waals surface area contributed by atoms with Gasteiger partial charge in [0.1, 0.15) is 12.0 Å². The number of aldehydes is 1. The number of aromatic hydroxyl groups is 1. The van der Waals surface area contributed by atoms with Crippen LogP contribution in [0.5, 0.6) is 5.75 Å². The molecule has 3 aliphatic rings. The highest BCUT2D eigenvalue weighted by atomic mass is 16.3. The maximum atomic E-state index is 10.7. The minimum Gasteiger partial charge on any atom is -0.508 e. The summed E-state index contributed by atoms with van der Waals surface area (Å²) in [6.07, 6.45) is 5.67. The predicted molar refractivity (Wildman–Crippen MR) is 57.4 cm³/mol. The largest absolute Gasteiger partial charge is 0.508 e. The van der Waals surface area contributed by atoms with E-state index in [2.05, 4.69) is 0 Å². The first-order valence-corrected chi connectivity index (χ1v) is 5.61. The summed E-state index contributed by atoms with van der Waals surface area (Å²) in [5, 5.41) is 9.93. The molecule has 2 heteroatoms. The number of fused-ring (bicyclic) bond motifs is 2. The number of rotatable bonds is 1. The van der Waals surface area contributed by atoms with Crippen LogP contribution >= 0.6 is 0 Å². The van der Waals surface area contributed by atoms with Gasteiger partial charge in [-0.3, -0.25) is 4.79 Å². The van der Waals surface area contributed by atoms with Crippen molar-refractivity contribution in [3.05, 3.63) is 28.8 Å². The van der Waals surface area contributed by atoms with Crippen LogP contribution in [0.15, 0.2) is 12.1 Å². The molecule has 1 saturated carbocycles. The molecule has 0 aromatic heterocycles. The lowest BCUT2D eigenvalue weighted by atomic mass is 9.66. The van der Waals surface area contributed by atoms with E-state index in [4.69, 9.17) is 0 Å². The Labute approximate surface area is 88.9 Å². The first-order chi connectivity index (χ1) is 7.29. The van der Waals surface area contributed by atoms with Gasteiger partial charge in [-0.25, -0.2) is 0 Å². The lowest BCUT2D eigenvalue weighted by Gasteiger charge is -2.38. The van der Waals surface area contributed by atoms with E-state index in [0.29, 0.717) is 23.1 Å². The lowest BCUT2D eigenvalue weighted by Crippen LogP contribution is -2.21. The second-order valence-corrected chi connectivity index (χ2v) is 4.71. The summed E-state index contributed by atoms with van der Waals surface area (Å²) in [4.78, 5) is 10.7. The van der Waals surface area contributed by atoms with Gasteiger partial charge in [-0.2, -0.15) is 0 Å². The first kappa shape index (κ1) is 8.96. The fourth-order valence-corrected chi connectivity index (χ4v) is 3.23. The molecular formula is C13H14O2. The number of phenolic OH excluding ortho intramolecular Hbond substituents is 1. The summed E-state index contributed by atoms with van der Waals surface area (Å²) in [5.74, 6) is 1.45. The third-order valence-electron chi connectivity index (χ3n) is 3.92. The van der Waals surface area contributed by atoms with E-state index >= 15 is 0 Å². The molecule has 0 atom stereocenters. The molecule has 0 aliphatic heterocycles. The summed E-state index contributed by atoms with van der Waals surface area (Å²) in [7, 11) is 0. The van der Waals surface area contributed by atoms with Crippen molar-refractivity contribution in [3.8, 4) is 5.75 Å². The first-order valence-electron chi connectivity index (χ1n) is 5.61. The standard InChI is InChI=1S/C13H14O2/c14-7-8-5-11-9-1-3-10(4-2-9)13(11)12(15)6-8/h5-7,9-10,15H,1-4H2. The quantitative estimate of drug-likeness (QED) is 0.711. The molecule has 0 heterocycles. The number of hydrogen-bond donors (Lipinski definition) is 1. The minimum absolute atomic E-state index is 0.337. The third-order valence-corrected chi connectivity index (χ3v) is 3.92. The van der Waals surface area contributed by atoms with Crippen molar-refractivity contribution < 1.29 is 9.90 Å². The van der Waals surface area contributed by atoms with Crippen LogP contribution in [-0.4, -0.2) is 11.4 Å². The van der Waals surface area contributed by atoms with E-state index in [1.54, 1.807) is 6.07 Å². The van der Waals surface area contributed by atoms with Crippen LogP contribution in [0.3, 0.4) is 0 Å². The van der Waals surface area contributed by atoms with Gasteiger partial charge in [-0.1, -0.05) is 0 Å². The fourth-order valence-electron chi connectivity index (χ4n) is 3.23. The smallest absolute Gasteiger partial charge is 0.150 e. The van der Waals surface area contributed by atoms with E-state index in [0.717, 1.165) is 11.8 Å². The molecule has 3 aliphatic carbocycles. The predicted octanol–water partition coefficient (Wildman–Crippen LogP) is 2.96. The lowest BCUT2D eigenvalue weighted by molar-refractivity contribution is 0.112. The molecule has 4 rings (SSSR count). The van der Waals surface area contributed by atoms with Crippen molar-refractivity contribution in [2.75, 3.05) is 0 Å². The maximum Gasteiger partial charge on any atom is 0.150 e. The molecule has 1 aromatic rings. The normalized spacial score (nSPS) is 27.5. The van der Waals surface area contributed by atoms with Crippen LogP contribution in [0, 0.1) is 0 Å². The molecule has 15 heavy (non-hydrogen) atoms. The van der Waals surface area contributed by atoms with Crippen LogP contribution in [0.2, 0.25) is 0 Å². The van der Waals surface area contributed by atoms with E-state index < -0.39 is 0 Å². The average Bonchev–Trinajstić information content (AvgIpc) is 2.30. The minimum atomic E-state index is 0.337. The highest BCUT2D eigenvalue weighted by Gasteiger charge is 2.34. The van der Waals surface area contributed by atoms with Crippen LogP contribution in [0.4, 0.5) is 0 Å². The monoisotopic (exact) mass is 202 g/mol. The molecule has 1 aromatic carbocycles. The SMILES string of the molecule is O=Cc1cc(O)c2c(c1)C1CCC2CC1. The van der Waals surface area contributed by atoms with E-state index in [1.807, 2.05) is 6.07 Å². The van der Waals surface area contributed by atoms with Crippen molar-refractivity contribution in [1.29, 1.82) is 0 Å². The van der Waals surface area contributed by atoms with E-state index in [9.17, 15) is 9.90 Å². The molecule has 1 N–H and O–H groups in total. The molecule has 0 amide bonds. The van der Waals surface area contributed by atoms with Crippen LogP contribution in [-0.2, 0) is 0 Å². The number of benzene rings is 1. The summed E-state index contributed by atoms with van der Waals surface area (Å²) >= 11 is 0. The third kappa shape index (κ3) is 1.21. The summed E-state index contributed by atoms with van der Waals surface area (Å²) in [6.45, 7) is 0.